The lowest BCUT2D eigenvalue weighted by Gasteiger charge is -2.27. The van der Waals surface area contributed by atoms with Crippen molar-refractivity contribution in [2.45, 2.75) is 32.4 Å². The summed E-state index contributed by atoms with van der Waals surface area (Å²) in [7, 11) is 5.71. The molecular formula is C19H32N4O. The topological polar surface area (TPSA) is 40.1 Å². The number of guanidine groups is 1. The Morgan fingerprint density at radius 3 is 2.79 bits per heavy atom. The fraction of sp³-hybridized carbons (Fsp3) is 0.632. The monoisotopic (exact) mass is 332 g/mol. The van der Waals surface area contributed by atoms with Crippen LogP contribution < -0.4 is 5.32 Å². The Bertz CT molecular complexity index is 515. The summed E-state index contributed by atoms with van der Waals surface area (Å²) >= 11 is 0. The van der Waals surface area contributed by atoms with Crippen LogP contribution >= 0.6 is 0 Å². The second-order valence-electron chi connectivity index (χ2n) is 6.59. The number of ether oxygens (including phenoxy) is 1. The molecule has 0 saturated carbocycles. The average Bonchev–Trinajstić information content (AvgIpc) is 3.03. The van der Waals surface area contributed by atoms with Crippen LogP contribution in [0.2, 0.25) is 0 Å². The van der Waals surface area contributed by atoms with E-state index in [-0.39, 0.29) is 0 Å². The summed E-state index contributed by atoms with van der Waals surface area (Å²) in [6, 6.07) is 9.26. The van der Waals surface area contributed by atoms with Crippen molar-refractivity contribution >= 4 is 5.96 Å². The molecule has 0 bridgehead atoms. The summed E-state index contributed by atoms with van der Waals surface area (Å²) in [4.78, 5) is 9.14. The van der Waals surface area contributed by atoms with Crippen LogP contribution in [-0.4, -0.2) is 69.2 Å². The molecule has 1 N–H and O–H groups in total. The number of benzene rings is 1. The van der Waals surface area contributed by atoms with Gasteiger partial charge in [-0.3, -0.25) is 9.89 Å². The molecule has 0 radical (unpaired) electrons. The predicted molar refractivity (Wildman–Crippen MR) is 100 cm³/mol. The molecule has 5 heteroatoms. The van der Waals surface area contributed by atoms with Gasteiger partial charge in [0, 0.05) is 46.9 Å². The molecule has 1 aromatic rings. The van der Waals surface area contributed by atoms with Crippen LogP contribution in [-0.2, 0) is 11.3 Å². The lowest BCUT2D eigenvalue weighted by atomic mass is 10.1. The maximum Gasteiger partial charge on any atom is 0.193 e. The molecular weight excluding hydrogens is 300 g/mol. The first-order valence-corrected chi connectivity index (χ1v) is 8.84. The number of hydrogen-bond acceptors (Lipinski definition) is 3. The number of nitrogens with one attached hydrogen (secondary N) is 1. The van der Waals surface area contributed by atoms with Gasteiger partial charge in [0.05, 0.1) is 6.61 Å². The number of aryl methyl sites for hydroxylation is 1. The van der Waals surface area contributed by atoms with E-state index in [9.17, 15) is 0 Å². The minimum Gasteiger partial charge on any atom is -0.383 e. The van der Waals surface area contributed by atoms with Crippen LogP contribution in [0.5, 0.6) is 0 Å². The molecule has 24 heavy (non-hydrogen) atoms. The molecule has 5 nitrogen and oxygen atoms in total. The highest BCUT2D eigenvalue weighted by Gasteiger charge is 2.24. The number of likely N-dealkylation sites (tertiary alicyclic amines) is 1. The molecule has 0 aliphatic carbocycles. The summed E-state index contributed by atoms with van der Waals surface area (Å²) < 4.78 is 5.22. The third-order valence-corrected chi connectivity index (χ3v) is 4.69. The Kier molecular flexibility index (Phi) is 7.53. The van der Waals surface area contributed by atoms with Crippen LogP contribution in [0.25, 0.3) is 0 Å². The first-order valence-electron chi connectivity index (χ1n) is 8.84. The predicted octanol–water partition coefficient (Wildman–Crippen LogP) is 2.11. The summed E-state index contributed by atoms with van der Waals surface area (Å²) in [5, 5.41) is 3.54. The molecule has 1 unspecified atom stereocenters. The minimum atomic E-state index is 0.574. The maximum absolute atomic E-state index is 5.22. The molecule has 1 aliphatic rings. The molecule has 0 aromatic heterocycles. The van der Waals surface area contributed by atoms with E-state index in [0.29, 0.717) is 6.04 Å². The van der Waals surface area contributed by atoms with E-state index in [0.717, 1.165) is 32.2 Å². The van der Waals surface area contributed by atoms with Crippen molar-refractivity contribution in [2.75, 3.05) is 47.4 Å². The van der Waals surface area contributed by atoms with Gasteiger partial charge < -0.3 is 15.0 Å². The number of aliphatic imine (C=N–C) groups is 1. The Balaban J connectivity index is 1.83. The highest BCUT2D eigenvalue weighted by Crippen LogP contribution is 2.16. The van der Waals surface area contributed by atoms with E-state index in [1.165, 1.54) is 30.5 Å². The van der Waals surface area contributed by atoms with Gasteiger partial charge in [0.1, 0.15) is 0 Å². The second kappa shape index (κ2) is 9.64. The summed E-state index contributed by atoms with van der Waals surface area (Å²) in [5.74, 6) is 0.953. The van der Waals surface area contributed by atoms with E-state index in [1.807, 2.05) is 7.05 Å². The number of nitrogens with zero attached hydrogens (tertiary/aromatic N) is 3. The van der Waals surface area contributed by atoms with Crippen molar-refractivity contribution in [3.8, 4) is 0 Å². The number of methoxy groups -OCH3 is 1. The third-order valence-electron chi connectivity index (χ3n) is 4.69. The smallest absolute Gasteiger partial charge is 0.193 e. The van der Waals surface area contributed by atoms with Gasteiger partial charge in [-0.15, -0.1) is 0 Å². The highest BCUT2D eigenvalue weighted by molar-refractivity contribution is 5.79. The lowest BCUT2D eigenvalue weighted by Crippen LogP contribution is -2.45. The van der Waals surface area contributed by atoms with Gasteiger partial charge >= 0.3 is 0 Å². The SMILES string of the molecule is CN=C(NCC1CCCN1CCOC)N(C)Cc1ccc(C)cc1. The van der Waals surface area contributed by atoms with Gasteiger partial charge in [0.2, 0.25) is 0 Å². The molecule has 0 spiro atoms. The van der Waals surface area contributed by atoms with Gasteiger partial charge in [-0.2, -0.15) is 0 Å². The van der Waals surface area contributed by atoms with E-state index >= 15 is 0 Å². The maximum atomic E-state index is 5.22. The standard InChI is InChI=1S/C19H32N4O/c1-16-7-9-17(10-8-16)15-22(3)19(20-2)21-14-18-6-5-11-23(18)12-13-24-4/h7-10,18H,5-6,11-15H2,1-4H3,(H,20,21). The Hall–Kier alpha value is -1.59. The van der Waals surface area contributed by atoms with Gasteiger partial charge in [-0.05, 0) is 31.9 Å². The Morgan fingerprint density at radius 2 is 2.12 bits per heavy atom. The van der Waals surface area contributed by atoms with Crippen molar-refractivity contribution < 1.29 is 4.74 Å². The average molecular weight is 332 g/mol. The summed E-state index contributed by atoms with van der Waals surface area (Å²) in [6.45, 7) is 6.91. The van der Waals surface area contributed by atoms with E-state index < -0.39 is 0 Å². The molecule has 1 heterocycles. The van der Waals surface area contributed by atoms with E-state index in [1.54, 1.807) is 7.11 Å². The zero-order chi connectivity index (χ0) is 17.4. The Morgan fingerprint density at radius 1 is 1.38 bits per heavy atom. The zero-order valence-corrected chi connectivity index (χ0v) is 15.6. The van der Waals surface area contributed by atoms with Gasteiger partial charge in [0.25, 0.3) is 0 Å². The van der Waals surface area contributed by atoms with E-state index in [2.05, 4.69) is 58.3 Å². The van der Waals surface area contributed by atoms with Crippen LogP contribution in [0.4, 0.5) is 0 Å². The first-order chi connectivity index (χ1) is 11.6. The molecule has 1 aliphatic heterocycles. The minimum absolute atomic E-state index is 0.574. The normalized spacial score (nSPS) is 18.8. The van der Waals surface area contributed by atoms with Gasteiger partial charge in [0.15, 0.2) is 5.96 Å². The van der Waals surface area contributed by atoms with Crippen LogP contribution in [0.15, 0.2) is 29.3 Å². The molecule has 1 atom stereocenters. The molecule has 1 fully saturated rings. The first kappa shape index (κ1) is 18.7. The molecule has 2 rings (SSSR count). The largest absolute Gasteiger partial charge is 0.383 e. The molecule has 1 saturated heterocycles. The fourth-order valence-corrected chi connectivity index (χ4v) is 3.27. The van der Waals surface area contributed by atoms with Crippen LogP contribution in [0.3, 0.4) is 0 Å². The highest BCUT2D eigenvalue weighted by atomic mass is 16.5. The summed E-state index contributed by atoms with van der Waals surface area (Å²) in [6.07, 6.45) is 2.52. The van der Waals surface area contributed by atoms with Crippen molar-refractivity contribution in [1.29, 1.82) is 0 Å². The second-order valence-corrected chi connectivity index (χ2v) is 6.59. The number of rotatable bonds is 7. The van der Waals surface area contributed by atoms with Crippen LogP contribution in [0, 0.1) is 6.92 Å². The number of hydrogen-bond donors (Lipinski definition) is 1. The molecule has 134 valence electrons. The molecule has 0 amide bonds. The summed E-state index contributed by atoms with van der Waals surface area (Å²) in [5.41, 5.74) is 2.59. The van der Waals surface area contributed by atoms with Crippen molar-refractivity contribution in [3.05, 3.63) is 35.4 Å². The zero-order valence-electron chi connectivity index (χ0n) is 15.6. The lowest BCUT2D eigenvalue weighted by molar-refractivity contribution is 0.141. The molecule has 1 aromatic carbocycles. The van der Waals surface area contributed by atoms with Crippen molar-refractivity contribution in [1.82, 2.24) is 15.1 Å². The van der Waals surface area contributed by atoms with E-state index in [4.69, 9.17) is 4.74 Å². The third kappa shape index (κ3) is 5.49. The van der Waals surface area contributed by atoms with Gasteiger partial charge in [-0.1, -0.05) is 29.8 Å². The van der Waals surface area contributed by atoms with Crippen LogP contribution in [0.1, 0.15) is 24.0 Å². The quantitative estimate of drug-likeness (QED) is 0.613. The fourth-order valence-electron chi connectivity index (χ4n) is 3.27. The van der Waals surface area contributed by atoms with Gasteiger partial charge in [-0.25, -0.2) is 0 Å². The Labute approximate surface area is 146 Å². The van der Waals surface area contributed by atoms with Crippen molar-refractivity contribution in [2.24, 2.45) is 4.99 Å². The van der Waals surface area contributed by atoms with Crippen molar-refractivity contribution in [3.63, 3.8) is 0 Å².